The maximum atomic E-state index is 6.22. The molecule has 144 valence electrons. The number of nitrogens with one attached hydrogen (secondary N) is 2. The normalized spacial score (nSPS) is 12.5. The maximum absolute atomic E-state index is 6.22. The molecule has 0 saturated heterocycles. The molecule has 7 heteroatoms. The highest BCUT2D eigenvalue weighted by Crippen LogP contribution is 2.16. The van der Waals surface area contributed by atoms with Crippen LogP contribution in [-0.2, 0) is 20.0 Å². The molecule has 0 saturated carbocycles. The molecule has 5 nitrogen and oxygen atoms in total. The third kappa shape index (κ3) is 6.16. The fourth-order valence-corrected chi connectivity index (χ4v) is 3.01. The smallest absolute Gasteiger partial charge is 0.191 e. The van der Waals surface area contributed by atoms with E-state index in [0.29, 0.717) is 6.54 Å². The van der Waals surface area contributed by atoms with Crippen LogP contribution in [0.2, 0.25) is 5.02 Å². The molecule has 1 atom stereocenters. The van der Waals surface area contributed by atoms with Crippen molar-refractivity contribution in [2.75, 3.05) is 6.54 Å². The Labute approximate surface area is 178 Å². The van der Waals surface area contributed by atoms with Gasteiger partial charge in [0, 0.05) is 30.4 Å². The third-order valence-electron chi connectivity index (χ3n) is 4.26. The van der Waals surface area contributed by atoms with Crippen molar-refractivity contribution in [3.05, 3.63) is 51.8 Å². The summed E-state index contributed by atoms with van der Waals surface area (Å²) in [5.74, 6) is 0.800. The number of benzene rings is 1. The minimum Gasteiger partial charge on any atom is -0.357 e. The lowest BCUT2D eigenvalue weighted by Crippen LogP contribution is -2.43. The molecule has 0 aliphatic heterocycles. The quantitative estimate of drug-likeness (QED) is 0.366. The minimum atomic E-state index is 0. The van der Waals surface area contributed by atoms with Gasteiger partial charge >= 0.3 is 0 Å². The van der Waals surface area contributed by atoms with Crippen LogP contribution in [0, 0.1) is 13.8 Å². The standard InChI is InChI=1S/C19H28ClN5.HI/c1-6-21-19(22-12-16-9-7-8-10-18(16)20)23-13(2)11-17-14(3)24-25(5)15(17)4;/h7-10,13H,6,11-12H2,1-5H3,(H2,21,22,23);1H. The van der Waals surface area contributed by atoms with Crippen molar-refractivity contribution in [1.82, 2.24) is 20.4 Å². The molecule has 0 spiro atoms. The van der Waals surface area contributed by atoms with E-state index in [1.807, 2.05) is 36.0 Å². The van der Waals surface area contributed by atoms with Crippen LogP contribution in [0.25, 0.3) is 0 Å². The van der Waals surface area contributed by atoms with Gasteiger partial charge in [0.2, 0.25) is 0 Å². The summed E-state index contributed by atoms with van der Waals surface area (Å²) < 4.78 is 1.94. The highest BCUT2D eigenvalue weighted by molar-refractivity contribution is 14.0. The van der Waals surface area contributed by atoms with Gasteiger partial charge in [0.15, 0.2) is 5.96 Å². The third-order valence-corrected chi connectivity index (χ3v) is 4.63. The van der Waals surface area contributed by atoms with Crippen molar-refractivity contribution in [3.63, 3.8) is 0 Å². The highest BCUT2D eigenvalue weighted by Gasteiger charge is 2.14. The Morgan fingerprint density at radius 3 is 2.58 bits per heavy atom. The van der Waals surface area contributed by atoms with Gasteiger partial charge < -0.3 is 10.6 Å². The van der Waals surface area contributed by atoms with Gasteiger partial charge in [-0.15, -0.1) is 24.0 Å². The molecule has 0 amide bonds. The predicted molar refractivity (Wildman–Crippen MR) is 121 cm³/mol. The van der Waals surface area contributed by atoms with Gasteiger partial charge in [0.25, 0.3) is 0 Å². The first-order valence-electron chi connectivity index (χ1n) is 8.69. The number of aryl methyl sites for hydroxylation is 2. The molecular weight excluding hydrogens is 461 g/mol. The lowest BCUT2D eigenvalue weighted by molar-refractivity contribution is 0.636. The Balaban J connectivity index is 0.00000338. The van der Waals surface area contributed by atoms with Crippen molar-refractivity contribution in [2.24, 2.45) is 12.0 Å². The fraction of sp³-hybridized carbons (Fsp3) is 0.474. The second-order valence-electron chi connectivity index (χ2n) is 6.31. The van der Waals surface area contributed by atoms with Gasteiger partial charge in [-0.2, -0.15) is 5.10 Å². The summed E-state index contributed by atoms with van der Waals surface area (Å²) >= 11 is 6.22. The van der Waals surface area contributed by atoms with E-state index in [-0.39, 0.29) is 30.0 Å². The van der Waals surface area contributed by atoms with Gasteiger partial charge in [-0.25, -0.2) is 4.99 Å². The number of aromatic nitrogens is 2. The Kier molecular flexibility index (Phi) is 9.43. The van der Waals surface area contributed by atoms with E-state index in [4.69, 9.17) is 11.6 Å². The highest BCUT2D eigenvalue weighted by atomic mass is 127. The van der Waals surface area contributed by atoms with Crippen molar-refractivity contribution in [2.45, 2.75) is 46.7 Å². The van der Waals surface area contributed by atoms with Crippen LogP contribution in [-0.4, -0.2) is 28.3 Å². The number of rotatable bonds is 6. The lowest BCUT2D eigenvalue weighted by atomic mass is 10.1. The Bertz CT molecular complexity index is 742. The zero-order valence-electron chi connectivity index (χ0n) is 16.1. The average Bonchev–Trinajstić information content (AvgIpc) is 2.80. The van der Waals surface area contributed by atoms with Crippen molar-refractivity contribution in [1.29, 1.82) is 0 Å². The van der Waals surface area contributed by atoms with Crippen LogP contribution in [0.5, 0.6) is 0 Å². The maximum Gasteiger partial charge on any atom is 0.191 e. The average molecular weight is 490 g/mol. The summed E-state index contributed by atoms with van der Waals surface area (Å²) in [6, 6.07) is 8.04. The first-order valence-corrected chi connectivity index (χ1v) is 9.07. The monoisotopic (exact) mass is 489 g/mol. The second-order valence-corrected chi connectivity index (χ2v) is 6.72. The molecule has 1 heterocycles. The molecule has 0 radical (unpaired) electrons. The first-order chi connectivity index (χ1) is 11.9. The van der Waals surface area contributed by atoms with E-state index in [2.05, 4.69) is 48.4 Å². The zero-order chi connectivity index (χ0) is 18.4. The summed E-state index contributed by atoms with van der Waals surface area (Å²) in [5.41, 5.74) is 4.62. The fourth-order valence-electron chi connectivity index (χ4n) is 2.81. The largest absolute Gasteiger partial charge is 0.357 e. The summed E-state index contributed by atoms with van der Waals surface area (Å²) in [6.07, 6.45) is 0.905. The van der Waals surface area contributed by atoms with E-state index >= 15 is 0 Å². The molecule has 2 N–H and O–H groups in total. The Morgan fingerprint density at radius 2 is 2.00 bits per heavy atom. The van der Waals surface area contributed by atoms with E-state index in [0.717, 1.165) is 35.2 Å². The van der Waals surface area contributed by atoms with Crippen molar-refractivity contribution in [3.8, 4) is 0 Å². The molecule has 1 aromatic carbocycles. The zero-order valence-corrected chi connectivity index (χ0v) is 19.2. The number of nitrogens with zero attached hydrogens (tertiary/aromatic N) is 3. The van der Waals surface area contributed by atoms with Crippen molar-refractivity contribution >= 4 is 41.5 Å². The molecule has 0 aliphatic rings. The predicted octanol–water partition coefficient (Wildman–Crippen LogP) is 3.99. The number of halogens is 2. The molecule has 0 fully saturated rings. The Hall–Kier alpha value is -1.28. The SMILES string of the molecule is CCNC(=NCc1ccccc1Cl)NC(C)Cc1c(C)nn(C)c1C.I. The van der Waals surface area contributed by atoms with Crippen LogP contribution < -0.4 is 10.6 Å². The molecule has 0 bridgehead atoms. The van der Waals surface area contributed by atoms with E-state index < -0.39 is 0 Å². The van der Waals surface area contributed by atoms with Gasteiger partial charge in [0.05, 0.1) is 12.2 Å². The van der Waals surface area contributed by atoms with Gasteiger partial charge in [-0.3, -0.25) is 4.68 Å². The van der Waals surface area contributed by atoms with Crippen LogP contribution in [0.1, 0.15) is 36.4 Å². The molecule has 2 aromatic rings. The van der Waals surface area contributed by atoms with Crippen molar-refractivity contribution < 1.29 is 0 Å². The molecule has 26 heavy (non-hydrogen) atoms. The molecular formula is C19H29ClIN5. The number of hydrogen-bond acceptors (Lipinski definition) is 2. The van der Waals surface area contributed by atoms with Crippen LogP contribution in [0.15, 0.2) is 29.3 Å². The Morgan fingerprint density at radius 1 is 1.31 bits per heavy atom. The van der Waals surface area contributed by atoms with E-state index in [1.165, 1.54) is 11.3 Å². The number of aliphatic imine (C=N–C) groups is 1. The van der Waals surface area contributed by atoms with Crippen LogP contribution in [0.4, 0.5) is 0 Å². The van der Waals surface area contributed by atoms with E-state index in [9.17, 15) is 0 Å². The van der Waals surface area contributed by atoms with E-state index in [1.54, 1.807) is 0 Å². The van der Waals surface area contributed by atoms with Gasteiger partial charge in [-0.1, -0.05) is 29.8 Å². The molecule has 0 aliphatic carbocycles. The van der Waals surface area contributed by atoms with Gasteiger partial charge in [-0.05, 0) is 51.3 Å². The molecule has 1 unspecified atom stereocenters. The number of guanidine groups is 1. The second kappa shape index (κ2) is 10.8. The van der Waals surface area contributed by atoms with Gasteiger partial charge in [0.1, 0.15) is 0 Å². The van der Waals surface area contributed by atoms with Crippen LogP contribution in [0.3, 0.4) is 0 Å². The topological polar surface area (TPSA) is 54.2 Å². The van der Waals surface area contributed by atoms with Crippen LogP contribution >= 0.6 is 35.6 Å². The first kappa shape index (κ1) is 22.8. The summed E-state index contributed by atoms with van der Waals surface area (Å²) in [7, 11) is 1.99. The lowest BCUT2D eigenvalue weighted by Gasteiger charge is -2.18. The minimum absolute atomic E-state index is 0. The molecule has 2 rings (SSSR count). The summed E-state index contributed by atoms with van der Waals surface area (Å²) in [5, 5.41) is 12.0. The molecule has 1 aromatic heterocycles. The number of hydrogen-bond donors (Lipinski definition) is 2. The summed E-state index contributed by atoms with van der Waals surface area (Å²) in [4.78, 5) is 4.67. The summed E-state index contributed by atoms with van der Waals surface area (Å²) in [6.45, 7) is 9.75.